The first-order valence-electron chi connectivity index (χ1n) is 8.31. The smallest absolute Gasteiger partial charge is 0.225 e. The van der Waals surface area contributed by atoms with E-state index < -0.39 is 17.4 Å². The minimum Gasteiger partial charge on any atom is -0.493 e. The van der Waals surface area contributed by atoms with Crippen LogP contribution in [0.5, 0.6) is 11.5 Å². The van der Waals surface area contributed by atoms with Crippen LogP contribution in [0.2, 0.25) is 0 Å². The largest absolute Gasteiger partial charge is 0.493 e. The van der Waals surface area contributed by atoms with Gasteiger partial charge in [-0.25, -0.2) is 4.39 Å². The molecule has 25 heavy (non-hydrogen) atoms. The first-order chi connectivity index (χ1) is 11.3. The average Bonchev–Trinajstić information content (AvgIpc) is 2.53. The van der Waals surface area contributed by atoms with E-state index in [1.807, 2.05) is 6.92 Å². The van der Waals surface area contributed by atoms with Crippen molar-refractivity contribution in [2.75, 3.05) is 14.2 Å². The Morgan fingerprint density at radius 3 is 2.48 bits per heavy atom. The SMILES string of the molecule is COc1cc(F)c(C(C)NC(=O)C2CCCCC2(C)N)cc1OC.Cl. The number of nitrogens with one attached hydrogen (secondary N) is 1. The van der Waals surface area contributed by atoms with Gasteiger partial charge in [0, 0.05) is 17.2 Å². The van der Waals surface area contributed by atoms with E-state index >= 15 is 0 Å². The van der Waals surface area contributed by atoms with Crippen molar-refractivity contribution in [1.82, 2.24) is 5.32 Å². The molecule has 0 radical (unpaired) electrons. The number of hydrogen-bond acceptors (Lipinski definition) is 4. The lowest BCUT2D eigenvalue weighted by Crippen LogP contribution is -2.53. The van der Waals surface area contributed by atoms with E-state index in [0.717, 1.165) is 25.7 Å². The summed E-state index contributed by atoms with van der Waals surface area (Å²) in [5.41, 5.74) is 6.12. The molecule has 1 aromatic carbocycles. The lowest BCUT2D eigenvalue weighted by atomic mass is 9.74. The van der Waals surface area contributed by atoms with Crippen LogP contribution in [0.1, 0.15) is 51.1 Å². The number of ether oxygens (including phenoxy) is 2. The fraction of sp³-hybridized carbons (Fsp3) is 0.611. The van der Waals surface area contributed by atoms with Crippen molar-refractivity contribution in [1.29, 1.82) is 0 Å². The second-order valence-corrected chi connectivity index (χ2v) is 6.76. The van der Waals surface area contributed by atoms with Crippen molar-refractivity contribution in [3.8, 4) is 11.5 Å². The zero-order valence-electron chi connectivity index (χ0n) is 15.2. The first kappa shape index (κ1) is 21.5. The monoisotopic (exact) mass is 374 g/mol. The fourth-order valence-electron chi connectivity index (χ4n) is 3.38. The molecule has 0 heterocycles. The van der Waals surface area contributed by atoms with Crippen molar-refractivity contribution in [3.05, 3.63) is 23.5 Å². The average molecular weight is 375 g/mol. The van der Waals surface area contributed by atoms with Gasteiger partial charge in [-0.15, -0.1) is 12.4 Å². The van der Waals surface area contributed by atoms with E-state index in [1.165, 1.54) is 20.3 Å². The number of halogens is 2. The van der Waals surface area contributed by atoms with Crippen LogP contribution in [0, 0.1) is 11.7 Å². The zero-order chi connectivity index (χ0) is 17.9. The molecule has 1 fully saturated rings. The Morgan fingerprint density at radius 2 is 1.92 bits per heavy atom. The third kappa shape index (κ3) is 4.76. The van der Waals surface area contributed by atoms with Gasteiger partial charge in [-0.3, -0.25) is 4.79 Å². The standard InChI is InChI=1S/C18H27FN2O3.ClH/c1-11(12-9-15(23-3)16(24-4)10-14(12)19)21-17(22)13-7-5-6-8-18(13,2)20;/h9-11,13H,5-8,20H2,1-4H3,(H,21,22);1H. The molecule has 2 rings (SSSR count). The molecule has 7 heteroatoms. The predicted molar refractivity (Wildman–Crippen MR) is 97.9 cm³/mol. The maximum atomic E-state index is 14.3. The maximum absolute atomic E-state index is 14.3. The molecule has 142 valence electrons. The van der Waals surface area contributed by atoms with Crippen LogP contribution in [0.15, 0.2) is 12.1 Å². The Kier molecular flexibility index (Phi) is 7.50. The topological polar surface area (TPSA) is 73.6 Å². The zero-order valence-corrected chi connectivity index (χ0v) is 16.0. The highest BCUT2D eigenvalue weighted by molar-refractivity contribution is 5.85. The number of carbonyl (C=O) groups is 1. The molecule has 0 bridgehead atoms. The Balaban J connectivity index is 0.00000312. The summed E-state index contributed by atoms with van der Waals surface area (Å²) in [7, 11) is 2.94. The molecule has 0 spiro atoms. The van der Waals surface area contributed by atoms with Crippen molar-refractivity contribution < 1.29 is 18.7 Å². The lowest BCUT2D eigenvalue weighted by molar-refractivity contribution is -0.128. The summed E-state index contributed by atoms with van der Waals surface area (Å²) in [6.45, 7) is 3.66. The van der Waals surface area contributed by atoms with Crippen molar-refractivity contribution >= 4 is 18.3 Å². The predicted octanol–water partition coefficient (Wildman–Crippen LogP) is 3.35. The molecular formula is C18H28ClFN2O3. The van der Waals surface area contributed by atoms with Gasteiger partial charge in [-0.05, 0) is 32.8 Å². The molecule has 1 aromatic rings. The van der Waals surface area contributed by atoms with E-state index in [1.54, 1.807) is 13.0 Å². The molecule has 3 unspecified atom stereocenters. The summed E-state index contributed by atoms with van der Waals surface area (Å²) in [5.74, 6) is -0.0756. The van der Waals surface area contributed by atoms with Crippen LogP contribution in [-0.4, -0.2) is 25.7 Å². The molecule has 0 aliphatic heterocycles. The summed E-state index contributed by atoms with van der Waals surface area (Å²) in [5, 5.41) is 2.90. The van der Waals surface area contributed by atoms with E-state index in [0.29, 0.717) is 17.1 Å². The third-order valence-electron chi connectivity index (χ3n) is 4.90. The second-order valence-electron chi connectivity index (χ2n) is 6.76. The van der Waals surface area contributed by atoms with Gasteiger partial charge in [0.15, 0.2) is 11.5 Å². The van der Waals surface area contributed by atoms with Gasteiger partial charge in [0.1, 0.15) is 5.82 Å². The van der Waals surface area contributed by atoms with E-state index in [2.05, 4.69) is 5.32 Å². The Bertz CT molecular complexity index is 610. The second kappa shape index (κ2) is 8.72. The molecule has 1 amide bonds. The number of nitrogens with two attached hydrogens (primary N) is 1. The van der Waals surface area contributed by atoms with Crippen LogP contribution >= 0.6 is 12.4 Å². The summed E-state index contributed by atoms with van der Waals surface area (Å²) >= 11 is 0. The van der Waals surface area contributed by atoms with Crippen molar-refractivity contribution in [2.24, 2.45) is 11.7 Å². The third-order valence-corrected chi connectivity index (χ3v) is 4.90. The summed E-state index contributed by atoms with van der Waals surface area (Å²) in [6.07, 6.45) is 3.62. The summed E-state index contributed by atoms with van der Waals surface area (Å²) in [6, 6.07) is 2.33. The number of benzene rings is 1. The highest BCUT2D eigenvalue weighted by Crippen LogP contribution is 2.34. The Morgan fingerprint density at radius 1 is 1.32 bits per heavy atom. The Hall–Kier alpha value is -1.53. The molecule has 1 aliphatic carbocycles. The number of methoxy groups -OCH3 is 2. The van der Waals surface area contributed by atoms with Crippen molar-refractivity contribution in [2.45, 2.75) is 51.1 Å². The highest BCUT2D eigenvalue weighted by Gasteiger charge is 2.38. The molecule has 1 saturated carbocycles. The normalized spacial score (nSPS) is 24.0. The molecular weight excluding hydrogens is 347 g/mol. The van der Waals surface area contributed by atoms with Crippen LogP contribution < -0.4 is 20.5 Å². The summed E-state index contributed by atoms with van der Waals surface area (Å²) < 4.78 is 24.6. The van der Waals surface area contributed by atoms with Crippen LogP contribution in [0.4, 0.5) is 4.39 Å². The van der Waals surface area contributed by atoms with Gasteiger partial charge in [-0.2, -0.15) is 0 Å². The van der Waals surface area contributed by atoms with E-state index in [4.69, 9.17) is 15.2 Å². The Labute approximate surface area is 154 Å². The van der Waals surface area contributed by atoms with Gasteiger partial charge in [-0.1, -0.05) is 12.8 Å². The van der Waals surface area contributed by atoms with Crippen LogP contribution in [0.3, 0.4) is 0 Å². The van der Waals surface area contributed by atoms with Gasteiger partial charge >= 0.3 is 0 Å². The quantitative estimate of drug-likeness (QED) is 0.828. The van der Waals surface area contributed by atoms with Gasteiger partial charge < -0.3 is 20.5 Å². The molecule has 1 aliphatic rings. The van der Waals surface area contributed by atoms with E-state index in [-0.39, 0.29) is 24.2 Å². The number of hydrogen-bond donors (Lipinski definition) is 2. The molecule has 0 aromatic heterocycles. The lowest BCUT2D eigenvalue weighted by Gasteiger charge is -2.37. The molecule has 0 saturated heterocycles. The number of carbonyl (C=O) groups excluding carboxylic acids is 1. The molecule has 3 N–H and O–H groups in total. The van der Waals surface area contributed by atoms with E-state index in [9.17, 15) is 9.18 Å². The van der Waals surface area contributed by atoms with Crippen LogP contribution in [0.25, 0.3) is 0 Å². The van der Waals surface area contributed by atoms with Gasteiger partial charge in [0.25, 0.3) is 0 Å². The van der Waals surface area contributed by atoms with Gasteiger partial charge in [0.2, 0.25) is 5.91 Å². The van der Waals surface area contributed by atoms with Crippen molar-refractivity contribution in [3.63, 3.8) is 0 Å². The summed E-state index contributed by atoms with van der Waals surface area (Å²) in [4.78, 5) is 12.6. The van der Waals surface area contributed by atoms with Gasteiger partial charge in [0.05, 0.1) is 26.2 Å². The fourth-order valence-corrected chi connectivity index (χ4v) is 3.38. The highest BCUT2D eigenvalue weighted by atomic mass is 35.5. The number of amides is 1. The van der Waals surface area contributed by atoms with Crippen LogP contribution in [-0.2, 0) is 4.79 Å². The minimum atomic E-state index is -0.516. The number of rotatable bonds is 5. The minimum absolute atomic E-state index is 0. The first-order valence-corrected chi connectivity index (χ1v) is 8.31. The molecule has 5 nitrogen and oxygen atoms in total. The maximum Gasteiger partial charge on any atom is 0.225 e. The molecule has 3 atom stereocenters.